The number of halogens is 1. The van der Waals surface area contributed by atoms with Crippen LogP contribution in [-0.4, -0.2) is 5.48 Å². The number of hydrogen-bond acceptors (Lipinski definition) is 3. The van der Waals surface area contributed by atoms with Crippen LogP contribution in [0.5, 0.6) is 0 Å². The minimum Gasteiger partial charge on any atom is -0.412 e. The Kier molecular flexibility index (Phi) is 24.5. The summed E-state index contributed by atoms with van der Waals surface area (Å²) in [4.78, 5) is 0. The van der Waals surface area contributed by atoms with Gasteiger partial charge in [-0.1, -0.05) is 0 Å². The van der Waals surface area contributed by atoms with E-state index in [0.717, 1.165) is 0 Å². The predicted molar refractivity (Wildman–Crippen MR) is 3.61 cm³/mol. The van der Waals surface area contributed by atoms with Gasteiger partial charge in [-0.05, 0) is 0 Å². The molecule has 0 unspecified atom stereocenters. The first-order valence-electron chi connectivity index (χ1n) is 0.463. The third kappa shape index (κ3) is 89.7. The van der Waals surface area contributed by atoms with Gasteiger partial charge in [-0.3, -0.25) is 0 Å². The van der Waals surface area contributed by atoms with E-state index in [9.17, 15) is 0 Å². The van der Waals surface area contributed by atoms with Crippen LogP contribution >= 0.6 is 0 Å². The zero-order valence-electron chi connectivity index (χ0n) is 3.10. The maximum Gasteiger partial charge on any atom is 1.00 e. The topological polar surface area (TPSA) is 101 Å². The summed E-state index contributed by atoms with van der Waals surface area (Å²) in [6, 6.07) is 0. The predicted octanol–water partition coefficient (Wildman–Crippen LogP) is -7.39. The van der Waals surface area contributed by atoms with Crippen molar-refractivity contribution < 1.29 is 51.7 Å². The van der Waals surface area contributed by atoms with Gasteiger partial charge in [-0.2, -0.15) is 0 Å². The maximum absolute atomic E-state index is 8.52. The van der Waals surface area contributed by atoms with Gasteiger partial charge in [0, 0.05) is 0 Å². The van der Waals surface area contributed by atoms with Gasteiger partial charge < -0.3 is 18.1 Å². The number of hydrogen-bond donors (Lipinski definition) is 0. The van der Waals surface area contributed by atoms with E-state index < -0.39 is 14.8 Å². The fraction of sp³-hybridized carbons (Fsp3) is 0. The van der Waals surface area contributed by atoms with Gasteiger partial charge in [-0.25, -0.2) is 0 Å². The molecule has 0 aliphatic rings. The van der Waals surface area contributed by atoms with E-state index in [1.807, 2.05) is 0 Å². The van der Waals surface area contributed by atoms with Crippen LogP contribution in [0.15, 0.2) is 0 Å². The second-order valence-electron chi connectivity index (χ2n) is 0.189. The Morgan fingerprint density at radius 1 is 1.00 bits per heavy atom. The van der Waals surface area contributed by atoms with E-state index >= 15 is 0 Å². The summed E-state index contributed by atoms with van der Waals surface area (Å²) in [7, 11) is 0. The van der Waals surface area contributed by atoms with Crippen molar-refractivity contribution in [1.29, 1.82) is 0 Å². The molecule has 2 N–H and O–H groups in total. The molecule has 0 aliphatic heterocycles. The normalized spacial score (nSPS) is 6.00. The second kappa shape index (κ2) is 9.32. The first kappa shape index (κ1) is 15.8. The van der Waals surface area contributed by atoms with Gasteiger partial charge in [0.15, 0.2) is 0 Å². The van der Waals surface area contributed by atoms with Crippen LogP contribution in [0.3, 0.4) is 0 Å². The Hall–Kier alpha value is 0.917. The average Bonchev–Trinajstić information content (AvgIpc) is 0.811. The molecule has 6 heteroatoms. The summed E-state index contributed by atoms with van der Waals surface area (Å²) >= 11 is -3.65. The molecule has 4 nitrogen and oxygen atoms in total. The number of rotatable bonds is 0. The van der Waals surface area contributed by atoms with E-state index in [4.69, 9.17) is 12.6 Å². The molecule has 0 aliphatic carbocycles. The van der Waals surface area contributed by atoms with Crippen LogP contribution in [0.1, 0.15) is 0 Å². The zero-order chi connectivity index (χ0) is 3.58. The second-order valence-corrected chi connectivity index (χ2v) is 0.982. The van der Waals surface area contributed by atoms with Gasteiger partial charge >= 0.3 is 18.9 Å². The first-order chi connectivity index (χ1) is 1.73. The van der Waals surface area contributed by atoms with Crippen LogP contribution in [-0.2, 0) is 0 Å². The molecule has 34 valence electrons. The quantitative estimate of drug-likeness (QED) is 0.323. The Bertz CT molecular complexity index is 12.3. The minimum atomic E-state index is -3.65. The fourth-order valence-corrected chi connectivity index (χ4v) is 0. The maximum atomic E-state index is 8.52. The summed E-state index contributed by atoms with van der Waals surface area (Å²) in [5.41, 5.74) is 0. The van der Waals surface area contributed by atoms with Crippen molar-refractivity contribution in [1.82, 2.24) is 0 Å². The van der Waals surface area contributed by atoms with Gasteiger partial charge in [0.1, 0.15) is 0 Å². The molecule has 0 saturated carbocycles. The van der Waals surface area contributed by atoms with Crippen LogP contribution in [0, 0.1) is 14.8 Å². The molecule has 0 aromatic rings. The first-order valence-corrected chi connectivity index (χ1v) is 2.41. The average molecular weight is 153 g/mol. The molecule has 0 radical (unpaired) electrons. The molecular weight excluding hydrogens is 151 g/mol. The minimum absolute atomic E-state index is 0. The van der Waals surface area contributed by atoms with Crippen LogP contribution in [0.2, 0.25) is 0 Å². The largest absolute Gasteiger partial charge is 1.00 e. The van der Waals surface area contributed by atoms with Crippen molar-refractivity contribution in [3.63, 3.8) is 0 Å². The fourth-order valence-electron chi connectivity index (χ4n) is 0. The van der Waals surface area contributed by atoms with Gasteiger partial charge in [0.2, 0.25) is 14.8 Å². The van der Waals surface area contributed by atoms with Crippen molar-refractivity contribution >= 4 is 0 Å². The van der Waals surface area contributed by atoms with Gasteiger partial charge in [-0.15, -0.1) is 0 Å². The van der Waals surface area contributed by atoms with E-state index in [0.29, 0.717) is 0 Å². The van der Waals surface area contributed by atoms with Crippen molar-refractivity contribution in [2.24, 2.45) is 0 Å². The van der Waals surface area contributed by atoms with Crippen molar-refractivity contribution in [3.8, 4) is 0 Å². The molecule has 0 spiro atoms. The monoisotopic (exact) mass is 152 g/mol. The third-order valence-corrected chi connectivity index (χ3v) is 0. The molecule has 0 bridgehead atoms. The SMILES string of the molecule is O.[Li+].[O-][Br+2]([O-])[O-]. The van der Waals surface area contributed by atoms with Crippen LogP contribution < -0.4 is 31.5 Å². The molecule has 0 atom stereocenters. The van der Waals surface area contributed by atoms with E-state index in [2.05, 4.69) is 0 Å². The van der Waals surface area contributed by atoms with Crippen LogP contribution in [0.4, 0.5) is 0 Å². The molecule has 0 heterocycles. The Labute approximate surface area is 52.1 Å². The Morgan fingerprint density at radius 2 is 1.00 bits per heavy atom. The molecule has 0 aromatic heterocycles. The standard InChI is InChI=1S/BrO3.Li.H2O/c2-1(3)4;;/h;;1H2/q-1;+1;. The molecule has 0 fully saturated rings. The van der Waals surface area contributed by atoms with Gasteiger partial charge in [0.05, 0.1) is 0 Å². The molecule has 0 amide bonds. The molecule has 0 rings (SSSR count). The Balaban J connectivity index is -0.0000000450. The van der Waals surface area contributed by atoms with E-state index in [-0.39, 0.29) is 24.3 Å². The van der Waals surface area contributed by atoms with Crippen molar-refractivity contribution in [2.75, 3.05) is 0 Å². The molecule has 6 heavy (non-hydrogen) atoms. The van der Waals surface area contributed by atoms with E-state index in [1.54, 1.807) is 0 Å². The smallest absolute Gasteiger partial charge is 0.412 e. The Morgan fingerprint density at radius 3 is 1.00 bits per heavy atom. The van der Waals surface area contributed by atoms with Crippen molar-refractivity contribution in [2.45, 2.75) is 0 Å². The van der Waals surface area contributed by atoms with Gasteiger partial charge in [0.25, 0.3) is 0 Å². The van der Waals surface area contributed by atoms with E-state index in [1.165, 1.54) is 0 Å². The summed E-state index contributed by atoms with van der Waals surface area (Å²) in [5, 5.41) is 0. The summed E-state index contributed by atoms with van der Waals surface area (Å²) in [6.45, 7) is 0. The summed E-state index contributed by atoms with van der Waals surface area (Å²) in [6.07, 6.45) is 0. The zero-order valence-corrected chi connectivity index (χ0v) is 4.69. The summed E-state index contributed by atoms with van der Waals surface area (Å²) < 4.78 is 25.6. The van der Waals surface area contributed by atoms with Crippen molar-refractivity contribution in [3.05, 3.63) is 0 Å². The van der Waals surface area contributed by atoms with Crippen LogP contribution in [0.25, 0.3) is 0 Å². The third-order valence-electron chi connectivity index (χ3n) is 0. The molecular formula is H2BrLiO4. The summed E-state index contributed by atoms with van der Waals surface area (Å²) in [5.74, 6) is 0. The molecule has 0 aromatic carbocycles. The molecule has 0 saturated heterocycles.